The van der Waals surface area contributed by atoms with E-state index in [4.69, 9.17) is 9.47 Å². The molecule has 5 rings (SSSR count). The van der Waals surface area contributed by atoms with E-state index in [0.29, 0.717) is 35.7 Å². The maximum Gasteiger partial charge on any atom is 0.243 e. The molecule has 0 bridgehead atoms. The fourth-order valence-corrected chi connectivity index (χ4v) is 7.47. The third-order valence-electron chi connectivity index (χ3n) is 7.37. The van der Waals surface area contributed by atoms with Crippen molar-refractivity contribution < 1.29 is 22.7 Å². The zero-order valence-electron chi connectivity index (χ0n) is 22.7. The van der Waals surface area contributed by atoms with Crippen molar-refractivity contribution >= 4 is 33.4 Å². The molecule has 1 saturated carbocycles. The van der Waals surface area contributed by atoms with Crippen molar-refractivity contribution in [3.63, 3.8) is 0 Å². The molecule has 2 fully saturated rings. The van der Waals surface area contributed by atoms with Crippen LogP contribution in [0, 0.1) is 5.92 Å². The first kappa shape index (κ1) is 28.5. The van der Waals surface area contributed by atoms with Crippen molar-refractivity contribution in [1.29, 1.82) is 0 Å². The Labute approximate surface area is 238 Å². The van der Waals surface area contributed by atoms with Crippen molar-refractivity contribution in [2.24, 2.45) is 5.92 Å². The monoisotopic (exact) mass is 586 g/mol. The summed E-state index contributed by atoms with van der Waals surface area (Å²) in [5.74, 6) is 1.33. The molecular formula is C27H34N6O5S2. The van der Waals surface area contributed by atoms with Gasteiger partial charge in [-0.05, 0) is 49.1 Å². The third-order valence-corrected chi connectivity index (χ3v) is 10.2. The van der Waals surface area contributed by atoms with Crippen LogP contribution in [-0.2, 0) is 19.6 Å². The number of hydrogen-bond donors (Lipinski definition) is 1. The quantitative estimate of drug-likeness (QED) is 0.372. The fourth-order valence-electron chi connectivity index (χ4n) is 5.24. The lowest BCUT2D eigenvalue weighted by atomic mass is 9.85. The molecule has 1 aliphatic heterocycles. The van der Waals surface area contributed by atoms with Crippen LogP contribution in [0.25, 0.3) is 11.4 Å². The summed E-state index contributed by atoms with van der Waals surface area (Å²) in [7, 11) is -2.26. The van der Waals surface area contributed by atoms with Crippen LogP contribution < -0.4 is 10.1 Å². The van der Waals surface area contributed by atoms with E-state index in [1.54, 1.807) is 18.5 Å². The van der Waals surface area contributed by atoms with Crippen molar-refractivity contribution in [2.45, 2.75) is 48.7 Å². The molecule has 1 saturated heterocycles. The molecule has 40 heavy (non-hydrogen) atoms. The Morgan fingerprint density at radius 1 is 1.18 bits per heavy atom. The number of ether oxygens (including phenoxy) is 2. The molecule has 13 heteroatoms. The number of rotatable bonds is 9. The van der Waals surface area contributed by atoms with Crippen molar-refractivity contribution in [1.82, 2.24) is 24.1 Å². The summed E-state index contributed by atoms with van der Waals surface area (Å²) in [6, 6.07) is 8.55. The highest BCUT2D eigenvalue weighted by molar-refractivity contribution is 7.99. The second-order valence-corrected chi connectivity index (χ2v) is 12.8. The minimum Gasteiger partial charge on any atom is -0.495 e. The molecular weight excluding hydrogens is 552 g/mol. The summed E-state index contributed by atoms with van der Waals surface area (Å²) in [6.45, 7) is 3.52. The summed E-state index contributed by atoms with van der Waals surface area (Å²) < 4.78 is 40.6. The van der Waals surface area contributed by atoms with Gasteiger partial charge in [-0.3, -0.25) is 14.3 Å². The zero-order chi connectivity index (χ0) is 28.1. The van der Waals surface area contributed by atoms with Gasteiger partial charge < -0.3 is 14.8 Å². The number of aromatic nitrogens is 4. The molecule has 2 aliphatic rings. The second kappa shape index (κ2) is 12.7. The molecule has 1 N–H and O–H groups in total. The molecule has 2 unspecified atom stereocenters. The first-order chi connectivity index (χ1) is 19.4. The van der Waals surface area contributed by atoms with E-state index in [2.05, 4.69) is 32.0 Å². The van der Waals surface area contributed by atoms with Crippen LogP contribution in [0.2, 0.25) is 0 Å². The highest BCUT2D eigenvalue weighted by atomic mass is 32.2. The molecule has 2 atom stereocenters. The van der Waals surface area contributed by atoms with Gasteiger partial charge in [-0.15, -0.1) is 10.2 Å². The third kappa shape index (κ3) is 6.17. The lowest BCUT2D eigenvalue weighted by Crippen LogP contribution is -2.40. The minimum atomic E-state index is -3.73. The van der Waals surface area contributed by atoms with Gasteiger partial charge in [0.05, 0.1) is 36.7 Å². The van der Waals surface area contributed by atoms with Crippen LogP contribution in [0.5, 0.6) is 5.75 Å². The average Bonchev–Trinajstić information content (AvgIpc) is 3.41. The number of morpholine rings is 1. The largest absolute Gasteiger partial charge is 0.495 e. The Morgan fingerprint density at radius 2 is 1.98 bits per heavy atom. The Balaban J connectivity index is 1.35. The summed E-state index contributed by atoms with van der Waals surface area (Å²) in [6.07, 6.45) is 7.99. The van der Waals surface area contributed by atoms with Gasteiger partial charge in [-0.25, -0.2) is 8.42 Å². The molecule has 3 heterocycles. The molecule has 1 aromatic carbocycles. The topological polar surface area (TPSA) is 129 Å². The lowest BCUT2D eigenvalue weighted by molar-refractivity contribution is -0.113. The van der Waals surface area contributed by atoms with Crippen LogP contribution in [0.15, 0.2) is 52.8 Å². The Kier molecular flexibility index (Phi) is 9.03. The molecule has 214 valence electrons. The second-order valence-electron chi connectivity index (χ2n) is 9.96. The number of sulfonamides is 1. The first-order valence-electron chi connectivity index (χ1n) is 13.4. The average molecular weight is 587 g/mol. The number of amides is 1. The number of hydrogen-bond acceptors (Lipinski definition) is 9. The molecule has 0 spiro atoms. The summed E-state index contributed by atoms with van der Waals surface area (Å²) in [5, 5.41) is 12.5. The minimum absolute atomic E-state index is 0.0653. The maximum atomic E-state index is 13.2. The molecule has 1 amide bonds. The Bertz CT molecular complexity index is 1430. The van der Waals surface area contributed by atoms with Crippen LogP contribution >= 0.6 is 11.8 Å². The number of benzene rings is 1. The maximum absolute atomic E-state index is 13.2. The summed E-state index contributed by atoms with van der Waals surface area (Å²) >= 11 is 1.31. The van der Waals surface area contributed by atoms with E-state index in [1.165, 1.54) is 41.7 Å². The number of nitrogens with one attached hydrogen (secondary N) is 1. The van der Waals surface area contributed by atoms with E-state index in [1.807, 2.05) is 12.1 Å². The van der Waals surface area contributed by atoms with Gasteiger partial charge in [-0.1, -0.05) is 31.5 Å². The smallest absolute Gasteiger partial charge is 0.243 e. The number of carbonyl (C=O) groups excluding carboxylic acids is 1. The number of anilines is 1. The van der Waals surface area contributed by atoms with Crippen LogP contribution in [0.3, 0.4) is 0 Å². The first-order valence-corrected chi connectivity index (χ1v) is 15.8. The van der Waals surface area contributed by atoms with Gasteiger partial charge in [0, 0.05) is 37.1 Å². The van der Waals surface area contributed by atoms with Gasteiger partial charge in [0.25, 0.3) is 0 Å². The van der Waals surface area contributed by atoms with E-state index in [0.717, 1.165) is 30.7 Å². The van der Waals surface area contributed by atoms with Gasteiger partial charge in [0.15, 0.2) is 11.0 Å². The summed E-state index contributed by atoms with van der Waals surface area (Å²) in [5.41, 5.74) is 1.17. The standard InChI is InChI=1S/C27H34N6O5S2/c1-19-6-3-4-8-23(19)33-26(20-7-5-11-28-17-20)30-31-27(33)39-18-25(34)29-22-16-21(9-10-24(22)37-2)40(35,36)32-12-14-38-15-13-32/h5,7,9-11,16-17,19,23H,3-4,6,8,12-15,18H2,1-2H3,(H,29,34). The molecule has 0 radical (unpaired) electrons. The molecule has 1 aliphatic carbocycles. The van der Waals surface area contributed by atoms with E-state index >= 15 is 0 Å². The predicted molar refractivity (Wildman–Crippen MR) is 152 cm³/mol. The van der Waals surface area contributed by atoms with Crippen LogP contribution in [0.4, 0.5) is 5.69 Å². The van der Waals surface area contributed by atoms with E-state index in [-0.39, 0.29) is 35.7 Å². The Hall–Kier alpha value is -3.00. The van der Waals surface area contributed by atoms with Gasteiger partial charge in [-0.2, -0.15) is 4.31 Å². The molecule has 11 nitrogen and oxygen atoms in total. The fraction of sp³-hybridized carbons (Fsp3) is 0.481. The normalized spacial score (nSPS) is 20.2. The highest BCUT2D eigenvalue weighted by Crippen LogP contribution is 2.39. The number of pyridine rings is 1. The highest BCUT2D eigenvalue weighted by Gasteiger charge is 2.30. The number of carbonyl (C=O) groups is 1. The van der Waals surface area contributed by atoms with Crippen LogP contribution in [0.1, 0.15) is 38.6 Å². The lowest BCUT2D eigenvalue weighted by Gasteiger charge is -2.31. The van der Waals surface area contributed by atoms with Gasteiger partial charge in [0.2, 0.25) is 15.9 Å². The zero-order valence-corrected chi connectivity index (χ0v) is 24.3. The van der Waals surface area contributed by atoms with E-state index in [9.17, 15) is 13.2 Å². The Morgan fingerprint density at radius 3 is 2.70 bits per heavy atom. The molecule has 2 aromatic heterocycles. The van der Waals surface area contributed by atoms with Gasteiger partial charge >= 0.3 is 0 Å². The van der Waals surface area contributed by atoms with Crippen molar-refractivity contribution in [2.75, 3.05) is 44.5 Å². The van der Waals surface area contributed by atoms with Crippen molar-refractivity contribution in [3.05, 3.63) is 42.7 Å². The number of nitrogens with zero attached hydrogens (tertiary/aromatic N) is 5. The van der Waals surface area contributed by atoms with Gasteiger partial charge in [0.1, 0.15) is 5.75 Å². The SMILES string of the molecule is COc1ccc(S(=O)(=O)N2CCOCC2)cc1NC(=O)CSc1nnc(-c2cccnc2)n1C1CCCCC1C. The number of thioether (sulfide) groups is 1. The van der Waals surface area contributed by atoms with Crippen molar-refractivity contribution in [3.8, 4) is 17.1 Å². The molecule has 3 aromatic rings. The predicted octanol–water partition coefficient (Wildman–Crippen LogP) is 3.85. The number of methoxy groups -OCH3 is 1. The van der Waals surface area contributed by atoms with E-state index < -0.39 is 10.0 Å². The summed E-state index contributed by atoms with van der Waals surface area (Å²) in [4.78, 5) is 17.5. The van der Waals surface area contributed by atoms with Crippen LogP contribution in [-0.4, -0.2) is 77.5 Å².